The molecule has 2 aromatic rings. The number of esters is 1. The van der Waals surface area contributed by atoms with Gasteiger partial charge in [0.1, 0.15) is 5.92 Å². The van der Waals surface area contributed by atoms with Crippen LogP contribution in [-0.4, -0.2) is 27.2 Å². The van der Waals surface area contributed by atoms with Crippen LogP contribution < -0.4 is 0 Å². The van der Waals surface area contributed by atoms with Gasteiger partial charge in [-0.2, -0.15) is 0 Å². The molecule has 0 aliphatic rings. The second-order valence-electron chi connectivity index (χ2n) is 5.42. The van der Waals surface area contributed by atoms with Crippen LogP contribution in [0.15, 0.2) is 18.3 Å². The van der Waals surface area contributed by atoms with Gasteiger partial charge >= 0.3 is 5.97 Å². The van der Waals surface area contributed by atoms with Crippen LogP contribution in [0.3, 0.4) is 0 Å². The molecular formula is C15H21N3O2. The quantitative estimate of drug-likeness (QED) is 0.787. The van der Waals surface area contributed by atoms with Crippen molar-refractivity contribution in [1.29, 1.82) is 0 Å². The lowest BCUT2D eigenvalue weighted by Crippen LogP contribution is -2.20. The van der Waals surface area contributed by atoms with Crippen molar-refractivity contribution in [2.24, 2.45) is 5.92 Å². The number of aromatic nitrogens is 3. The van der Waals surface area contributed by atoms with Crippen LogP contribution in [0.5, 0.6) is 0 Å². The van der Waals surface area contributed by atoms with Gasteiger partial charge in [0.2, 0.25) is 0 Å². The summed E-state index contributed by atoms with van der Waals surface area (Å²) in [5.41, 5.74) is 1.88. The predicted molar refractivity (Wildman–Crippen MR) is 76.6 cm³/mol. The summed E-state index contributed by atoms with van der Waals surface area (Å²) in [6, 6.07) is 3.94. The highest BCUT2D eigenvalue weighted by atomic mass is 16.5. The summed E-state index contributed by atoms with van der Waals surface area (Å²) in [6.07, 6.45) is 2.61. The molecule has 20 heavy (non-hydrogen) atoms. The number of fused-ring (bicyclic) bond motifs is 1. The molecule has 0 saturated carbocycles. The maximum absolute atomic E-state index is 12.2. The normalized spacial score (nSPS) is 12.8. The molecule has 0 radical (unpaired) electrons. The molecule has 0 aliphatic carbocycles. The highest BCUT2D eigenvalue weighted by Gasteiger charge is 2.27. The molecule has 2 aromatic heterocycles. The summed E-state index contributed by atoms with van der Waals surface area (Å²) in [4.78, 5) is 12.2. The van der Waals surface area contributed by atoms with Gasteiger partial charge in [0, 0.05) is 6.20 Å². The Morgan fingerprint density at radius 3 is 2.80 bits per heavy atom. The first-order chi connectivity index (χ1) is 9.52. The number of aryl methyl sites for hydroxylation is 1. The average molecular weight is 275 g/mol. The van der Waals surface area contributed by atoms with Crippen LogP contribution in [0.4, 0.5) is 0 Å². The summed E-state index contributed by atoms with van der Waals surface area (Å²) in [5.74, 6) is 0.443. The van der Waals surface area contributed by atoms with E-state index in [1.54, 1.807) is 0 Å². The van der Waals surface area contributed by atoms with Crippen LogP contribution in [0.2, 0.25) is 0 Å². The Morgan fingerprint density at radius 1 is 1.40 bits per heavy atom. The second kappa shape index (κ2) is 6.03. The molecule has 5 heteroatoms. The van der Waals surface area contributed by atoms with Crippen molar-refractivity contribution in [2.45, 2.75) is 40.0 Å². The summed E-state index contributed by atoms with van der Waals surface area (Å²) in [7, 11) is 0. The number of hydrogen-bond donors (Lipinski definition) is 0. The molecule has 0 amide bonds. The van der Waals surface area contributed by atoms with E-state index in [-0.39, 0.29) is 11.9 Å². The van der Waals surface area contributed by atoms with Gasteiger partial charge in [-0.15, -0.1) is 10.2 Å². The Hall–Kier alpha value is -1.91. The van der Waals surface area contributed by atoms with Crippen molar-refractivity contribution in [1.82, 2.24) is 14.6 Å². The molecule has 0 fully saturated rings. The zero-order valence-electron chi connectivity index (χ0n) is 12.5. The molecule has 0 aromatic carbocycles. The first kappa shape index (κ1) is 14.5. The molecule has 0 bridgehead atoms. The fourth-order valence-electron chi connectivity index (χ4n) is 2.27. The molecule has 108 valence electrons. The SMILES string of the molecule is CCOC(=O)C(CC(C)C)c1nnc2cc(C)ccn12. The van der Waals surface area contributed by atoms with Gasteiger partial charge in [-0.05, 0) is 43.9 Å². The van der Waals surface area contributed by atoms with Crippen LogP contribution in [-0.2, 0) is 9.53 Å². The highest BCUT2D eigenvalue weighted by Crippen LogP contribution is 2.24. The summed E-state index contributed by atoms with van der Waals surface area (Å²) in [6.45, 7) is 8.36. The third-order valence-corrected chi connectivity index (χ3v) is 3.18. The number of pyridine rings is 1. The van der Waals surface area contributed by atoms with Crippen LogP contribution in [0.25, 0.3) is 5.65 Å². The van der Waals surface area contributed by atoms with Gasteiger partial charge < -0.3 is 4.74 Å². The third-order valence-electron chi connectivity index (χ3n) is 3.18. The second-order valence-corrected chi connectivity index (χ2v) is 5.42. The molecule has 1 unspecified atom stereocenters. The summed E-state index contributed by atoms with van der Waals surface area (Å²) < 4.78 is 7.05. The van der Waals surface area contributed by atoms with E-state index in [9.17, 15) is 4.79 Å². The van der Waals surface area contributed by atoms with Gasteiger partial charge in [0.15, 0.2) is 11.5 Å². The molecule has 0 aliphatic heterocycles. The minimum absolute atomic E-state index is 0.226. The molecule has 1 atom stereocenters. The number of ether oxygens (including phenoxy) is 1. The molecule has 2 heterocycles. The van der Waals surface area contributed by atoms with E-state index in [0.29, 0.717) is 24.8 Å². The maximum Gasteiger partial charge on any atom is 0.316 e. The molecular weight excluding hydrogens is 254 g/mol. The molecule has 5 nitrogen and oxygen atoms in total. The minimum Gasteiger partial charge on any atom is -0.465 e. The van der Waals surface area contributed by atoms with Gasteiger partial charge in [-0.1, -0.05) is 13.8 Å². The molecule has 2 rings (SSSR count). The predicted octanol–water partition coefficient (Wildman–Crippen LogP) is 2.73. The Bertz CT molecular complexity index is 604. The average Bonchev–Trinajstić information content (AvgIpc) is 2.78. The van der Waals surface area contributed by atoms with Crippen LogP contribution >= 0.6 is 0 Å². The smallest absolute Gasteiger partial charge is 0.316 e. The van der Waals surface area contributed by atoms with Crippen LogP contribution in [0, 0.1) is 12.8 Å². The van der Waals surface area contributed by atoms with E-state index in [1.165, 1.54) is 0 Å². The summed E-state index contributed by atoms with van der Waals surface area (Å²) >= 11 is 0. The molecule has 0 spiro atoms. The Balaban J connectivity index is 2.42. The van der Waals surface area contributed by atoms with E-state index in [2.05, 4.69) is 24.0 Å². The number of carbonyl (C=O) groups excluding carboxylic acids is 1. The zero-order chi connectivity index (χ0) is 14.7. The van der Waals surface area contributed by atoms with Crippen molar-refractivity contribution in [3.8, 4) is 0 Å². The van der Waals surface area contributed by atoms with Gasteiger partial charge in [0.05, 0.1) is 6.61 Å². The minimum atomic E-state index is -0.368. The van der Waals surface area contributed by atoms with E-state index in [1.807, 2.05) is 36.6 Å². The molecule has 0 saturated heterocycles. The lowest BCUT2D eigenvalue weighted by atomic mass is 9.96. The highest BCUT2D eigenvalue weighted by molar-refractivity contribution is 5.77. The monoisotopic (exact) mass is 275 g/mol. The Morgan fingerprint density at radius 2 is 2.15 bits per heavy atom. The third kappa shape index (κ3) is 2.98. The van der Waals surface area contributed by atoms with E-state index in [0.717, 1.165) is 11.2 Å². The van der Waals surface area contributed by atoms with Crippen molar-refractivity contribution in [3.63, 3.8) is 0 Å². The number of nitrogens with zero attached hydrogens (tertiary/aromatic N) is 3. The molecule has 0 N–H and O–H groups in total. The van der Waals surface area contributed by atoms with Gasteiger partial charge in [-0.25, -0.2) is 0 Å². The van der Waals surface area contributed by atoms with Gasteiger partial charge in [0.25, 0.3) is 0 Å². The number of carbonyl (C=O) groups is 1. The summed E-state index contributed by atoms with van der Waals surface area (Å²) in [5, 5.41) is 8.36. The number of hydrogen-bond acceptors (Lipinski definition) is 4. The zero-order valence-corrected chi connectivity index (χ0v) is 12.5. The van der Waals surface area contributed by atoms with Crippen molar-refractivity contribution in [2.75, 3.05) is 6.61 Å². The van der Waals surface area contributed by atoms with Crippen molar-refractivity contribution >= 4 is 11.6 Å². The lowest BCUT2D eigenvalue weighted by molar-refractivity contribution is -0.145. The van der Waals surface area contributed by atoms with Crippen molar-refractivity contribution < 1.29 is 9.53 Å². The van der Waals surface area contributed by atoms with Crippen LogP contribution in [0.1, 0.15) is 44.5 Å². The number of rotatable bonds is 5. The topological polar surface area (TPSA) is 56.5 Å². The Kier molecular flexibility index (Phi) is 4.37. The first-order valence-electron chi connectivity index (χ1n) is 7.00. The Labute approximate surface area is 119 Å². The van der Waals surface area contributed by atoms with E-state index >= 15 is 0 Å². The lowest BCUT2D eigenvalue weighted by Gasteiger charge is -2.16. The fourth-order valence-corrected chi connectivity index (χ4v) is 2.27. The standard InChI is InChI=1S/C15H21N3O2/c1-5-20-15(19)12(8-10(2)3)14-17-16-13-9-11(4)6-7-18(13)14/h6-7,9-10,12H,5,8H2,1-4H3. The fraction of sp³-hybridized carbons (Fsp3) is 0.533. The van der Waals surface area contributed by atoms with Crippen molar-refractivity contribution in [3.05, 3.63) is 29.7 Å². The van der Waals surface area contributed by atoms with E-state index in [4.69, 9.17) is 4.74 Å². The van der Waals surface area contributed by atoms with E-state index < -0.39 is 0 Å². The maximum atomic E-state index is 12.2. The largest absolute Gasteiger partial charge is 0.465 e. The van der Waals surface area contributed by atoms with Gasteiger partial charge in [-0.3, -0.25) is 9.20 Å². The first-order valence-corrected chi connectivity index (χ1v) is 7.00.